The minimum absolute atomic E-state index is 0.636. The maximum Gasteiger partial charge on any atom is 0.178 e. The molecule has 4 rings (SSSR count). The van der Waals surface area contributed by atoms with Gasteiger partial charge in [0.1, 0.15) is 5.52 Å². The quantitative estimate of drug-likeness (QED) is 0.741. The number of rotatable bonds is 4. The molecule has 120 valence electrons. The van der Waals surface area contributed by atoms with Crippen LogP contribution in [0.1, 0.15) is 19.8 Å². The van der Waals surface area contributed by atoms with Crippen molar-refractivity contribution >= 4 is 11.2 Å². The first-order valence-corrected chi connectivity index (χ1v) is 8.42. The van der Waals surface area contributed by atoms with Gasteiger partial charge in [-0.15, -0.1) is 0 Å². The molecule has 3 aromatic rings. The number of nitrogens with zero attached hydrogens (tertiary/aromatic N) is 4. The first kappa shape index (κ1) is 14.5. The molecule has 0 aliphatic carbocycles. The molecule has 1 unspecified atom stereocenters. The van der Waals surface area contributed by atoms with Crippen LogP contribution in [-0.4, -0.2) is 39.1 Å². The maximum absolute atomic E-state index is 5.60. The van der Waals surface area contributed by atoms with Gasteiger partial charge in [0.15, 0.2) is 17.2 Å². The van der Waals surface area contributed by atoms with Crippen molar-refractivity contribution in [1.29, 1.82) is 0 Å². The molecule has 5 heteroatoms. The highest BCUT2D eigenvalue weighted by molar-refractivity contribution is 5.75. The van der Waals surface area contributed by atoms with Crippen molar-refractivity contribution < 1.29 is 4.42 Å². The van der Waals surface area contributed by atoms with Gasteiger partial charge in [-0.25, -0.2) is 9.97 Å². The summed E-state index contributed by atoms with van der Waals surface area (Å²) >= 11 is 0. The van der Waals surface area contributed by atoms with E-state index in [4.69, 9.17) is 9.40 Å². The molecular weight excluding hydrogens is 288 g/mol. The Kier molecular flexibility index (Phi) is 3.87. The van der Waals surface area contributed by atoms with E-state index >= 15 is 0 Å². The Bertz CT molecular complexity index is 778. The van der Waals surface area contributed by atoms with Gasteiger partial charge in [-0.3, -0.25) is 0 Å². The lowest BCUT2D eigenvalue weighted by Gasteiger charge is -2.32. The van der Waals surface area contributed by atoms with Gasteiger partial charge in [-0.1, -0.05) is 6.92 Å². The number of furan rings is 1. The van der Waals surface area contributed by atoms with Crippen molar-refractivity contribution in [2.45, 2.75) is 26.3 Å². The number of aromatic nitrogens is 3. The molecule has 1 fully saturated rings. The van der Waals surface area contributed by atoms with Gasteiger partial charge in [0.2, 0.25) is 0 Å². The average molecular weight is 310 g/mol. The normalized spacial score (nSPS) is 19.4. The molecule has 4 heterocycles. The highest BCUT2D eigenvalue weighted by Gasteiger charge is 2.23. The first-order chi connectivity index (χ1) is 11.3. The van der Waals surface area contributed by atoms with Gasteiger partial charge in [-0.05, 0) is 56.1 Å². The highest BCUT2D eigenvalue weighted by Crippen LogP contribution is 2.27. The van der Waals surface area contributed by atoms with E-state index in [1.807, 2.05) is 30.5 Å². The van der Waals surface area contributed by atoms with Crippen molar-refractivity contribution in [3.8, 4) is 11.6 Å². The third-order valence-electron chi connectivity index (χ3n) is 4.74. The Morgan fingerprint density at radius 3 is 3.09 bits per heavy atom. The summed E-state index contributed by atoms with van der Waals surface area (Å²) in [5.74, 6) is 2.33. The molecule has 1 aliphatic heterocycles. The molecule has 0 saturated carbocycles. The Hall–Kier alpha value is -2.14. The fourth-order valence-electron chi connectivity index (χ4n) is 3.57. The SMILES string of the molecule is CCN1CCCC(Cn2c(-c3ccco3)nc3cccnc32)C1. The first-order valence-electron chi connectivity index (χ1n) is 8.42. The lowest BCUT2D eigenvalue weighted by atomic mass is 9.98. The van der Waals surface area contributed by atoms with E-state index in [2.05, 4.69) is 21.4 Å². The molecule has 1 aliphatic rings. The predicted octanol–water partition coefficient (Wildman–Crippen LogP) is 3.42. The minimum atomic E-state index is 0.636. The van der Waals surface area contributed by atoms with Gasteiger partial charge in [0.25, 0.3) is 0 Å². The second-order valence-corrected chi connectivity index (χ2v) is 6.27. The fourth-order valence-corrected chi connectivity index (χ4v) is 3.57. The van der Waals surface area contributed by atoms with Gasteiger partial charge < -0.3 is 13.9 Å². The van der Waals surface area contributed by atoms with Crippen LogP contribution in [-0.2, 0) is 6.54 Å². The smallest absolute Gasteiger partial charge is 0.178 e. The molecule has 3 aromatic heterocycles. The highest BCUT2D eigenvalue weighted by atomic mass is 16.3. The topological polar surface area (TPSA) is 47.1 Å². The monoisotopic (exact) mass is 310 g/mol. The van der Waals surface area contributed by atoms with Crippen LogP contribution in [0.2, 0.25) is 0 Å². The van der Waals surface area contributed by atoms with E-state index < -0.39 is 0 Å². The van der Waals surface area contributed by atoms with E-state index in [-0.39, 0.29) is 0 Å². The lowest BCUT2D eigenvalue weighted by molar-refractivity contribution is 0.171. The maximum atomic E-state index is 5.60. The molecule has 0 radical (unpaired) electrons. The van der Waals surface area contributed by atoms with Crippen LogP contribution in [0.15, 0.2) is 41.1 Å². The van der Waals surface area contributed by atoms with Crippen LogP contribution in [0.3, 0.4) is 0 Å². The summed E-state index contributed by atoms with van der Waals surface area (Å²) in [6, 6.07) is 7.83. The molecule has 0 aromatic carbocycles. The van der Waals surface area contributed by atoms with Crippen LogP contribution < -0.4 is 0 Å². The summed E-state index contributed by atoms with van der Waals surface area (Å²) in [6.45, 7) is 6.69. The Labute approximate surface area is 135 Å². The van der Waals surface area contributed by atoms with Crippen molar-refractivity contribution in [3.63, 3.8) is 0 Å². The number of hydrogen-bond donors (Lipinski definition) is 0. The second-order valence-electron chi connectivity index (χ2n) is 6.27. The predicted molar refractivity (Wildman–Crippen MR) is 90.1 cm³/mol. The summed E-state index contributed by atoms with van der Waals surface area (Å²) in [5, 5.41) is 0. The molecule has 0 bridgehead atoms. The number of imidazole rings is 1. The van der Waals surface area contributed by atoms with Crippen molar-refractivity contribution in [2.24, 2.45) is 5.92 Å². The summed E-state index contributed by atoms with van der Waals surface area (Å²) in [4.78, 5) is 11.8. The second kappa shape index (κ2) is 6.16. The summed E-state index contributed by atoms with van der Waals surface area (Å²) < 4.78 is 7.83. The van der Waals surface area contributed by atoms with Crippen molar-refractivity contribution in [1.82, 2.24) is 19.4 Å². The molecular formula is C18H22N4O. The fraction of sp³-hybridized carbons (Fsp3) is 0.444. The summed E-state index contributed by atoms with van der Waals surface area (Å²) in [5.41, 5.74) is 1.88. The van der Waals surface area contributed by atoms with Crippen LogP contribution in [0, 0.1) is 5.92 Å². The Balaban J connectivity index is 1.71. The van der Waals surface area contributed by atoms with Crippen molar-refractivity contribution in [2.75, 3.05) is 19.6 Å². The number of likely N-dealkylation sites (tertiary alicyclic amines) is 1. The average Bonchev–Trinajstić information content (AvgIpc) is 3.23. The van der Waals surface area contributed by atoms with Crippen LogP contribution in [0.5, 0.6) is 0 Å². The van der Waals surface area contributed by atoms with Gasteiger partial charge in [0, 0.05) is 19.3 Å². The molecule has 1 atom stereocenters. The van der Waals surface area contributed by atoms with Gasteiger partial charge in [-0.2, -0.15) is 0 Å². The van der Waals surface area contributed by atoms with Crippen LogP contribution in [0.25, 0.3) is 22.7 Å². The zero-order chi connectivity index (χ0) is 15.6. The zero-order valence-corrected chi connectivity index (χ0v) is 13.5. The third-order valence-corrected chi connectivity index (χ3v) is 4.74. The Morgan fingerprint density at radius 1 is 1.30 bits per heavy atom. The third kappa shape index (κ3) is 2.77. The molecule has 5 nitrogen and oxygen atoms in total. The number of hydrogen-bond acceptors (Lipinski definition) is 4. The Morgan fingerprint density at radius 2 is 2.26 bits per heavy atom. The molecule has 0 N–H and O–H groups in total. The van der Waals surface area contributed by atoms with E-state index in [1.54, 1.807) is 6.26 Å². The summed E-state index contributed by atoms with van der Waals surface area (Å²) in [6.07, 6.45) is 6.08. The number of fused-ring (bicyclic) bond motifs is 1. The molecule has 0 amide bonds. The lowest BCUT2D eigenvalue weighted by Crippen LogP contribution is -2.36. The van der Waals surface area contributed by atoms with E-state index in [9.17, 15) is 0 Å². The van der Waals surface area contributed by atoms with Crippen LogP contribution in [0.4, 0.5) is 0 Å². The van der Waals surface area contributed by atoms with Crippen molar-refractivity contribution in [3.05, 3.63) is 36.7 Å². The summed E-state index contributed by atoms with van der Waals surface area (Å²) in [7, 11) is 0. The largest absolute Gasteiger partial charge is 0.461 e. The molecule has 23 heavy (non-hydrogen) atoms. The van der Waals surface area contributed by atoms with E-state index in [0.29, 0.717) is 5.92 Å². The van der Waals surface area contributed by atoms with Gasteiger partial charge >= 0.3 is 0 Å². The van der Waals surface area contributed by atoms with E-state index in [1.165, 1.54) is 19.4 Å². The molecule has 0 spiro atoms. The number of pyridine rings is 1. The van der Waals surface area contributed by atoms with Crippen LogP contribution >= 0.6 is 0 Å². The number of piperidine rings is 1. The van der Waals surface area contributed by atoms with E-state index in [0.717, 1.165) is 42.4 Å². The molecule has 1 saturated heterocycles. The zero-order valence-electron chi connectivity index (χ0n) is 13.5. The standard InChI is InChI=1S/C18H22N4O/c1-2-21-10-4-6-14(12-21)13-22-17-15(7-3-9-19-17)20-18(22)16-8-5-11-23-16/h3,5,7-9,11,14H,2,4,6,10,12-13H2,1H3. The minimum Gasteiger partial charge on any atom is -0.461 e. The van der Waals surface area contributed by atoms with Gasteiger partial charge in [0.05, 0.1) is 6.26 Å².